The predicted molar refractivity (Wildman–Crippen MR) is 116 cm³/mol. The van der Waals surface area contributed by atoms with Gasteiger partial charge >= 0.3 is 0 Å². The van der Waals surface area contributed by atoms with Gasteiger partial charge in [0, 0.05) is 21.4 Å². The molecule has 0 fully saturated rings. The Morgan fingerprint density at radius 1 is 0.759 bits per heavy atom. The van der Waals surface area contributed by atoms with Gasteiger partial charge in [0.25, 0.3) is 11.8 Å². The summed E-state index contributed by atoms with van der Waals surface area (Å²) in [5, 5.41) is 5.64. The summed E-state index contributed by atoms with van der Waals surface area (Å²) in [6.07, 6.45) is 0. The SMILES string of the molecule is COc1ccc(C(=O)Nc2ccc(NC(=O)c3ccccc3Br)cc2)cc1OC. The quantitative estimate of drug-likeness (QED) is 0.550. The number of carbonyl (C=O) groups is 2. The van der Waals surface area contributed by atoms with Gasteiger partial charge in [0.2, 0.25) is 0 Å². The molecule has 0 atom stereocenters. The van der Waals surface area contributed by atoms with Crippen LogP contribution in [0.2, 0.25) is 0 Å². The molecule has 3 rings (SSSR count). The van der Waals surface area contributed by atoms with Gasteiger partial charge in [-0.05, 0) is 70.5 Å². The fourth-order valence-electron chi connectivity index (χ4n) is 2.66. The summed E-state index contributed by atoms with van der Waals surface area (Å²) in [6.45, 7) is 0. The standard InChI is InChI=1S/C22H19BrN2O4/c1-28-19-12-7-14(13-20(19)29-2)21(26)24-15-8-10-16(11-9-15)25-22(27)17-5-3-4-6-18(17)23/h3-13H,1-2H3,(H,24,26)(H,25,27). The monoisotopic (exact) mass is 454 g/mol. The zero-order valence-electron chi connectivity index (χ0n) is 15.9. The molecule has 0 saturated carbocycles. The van der Waals surface area contributed by atoms with Gasteiger partial charge in [-0.2, -0.15) is 0 Å². The van der Waals surface area contributed by atoms with Crippen LogP contribution in [0.1, 0.15) is 20.7 Å². The Bertz CT molecular complexity index is 1040. The van der Waals surface area contributed by atoms with Gasteiger partial charge in [-0.15, -0.1) is 0 Å². The molecule has 0 aliphatic heterocycles. The molecule has 0 bridgehead atoms. The van der Waals surface area contributed by atoms with Crippen LogP contribution in [0, 0.1) is 0 Å². The van der Waals surface area contributed by atoms with Crippen LogP contribution >= 0.6 is 15.9 Å². The number of rotatable bonds is 6. The lowest BCUT2D eigenvalue weighted by atomic mass is 10.1. The van der Waals surface area contributed by atoms with Gasteiger partial charge in [0.1, 0.15) is 0 Å². The van der Waals surface area contributed by atoms with E-state index in [0.29, 0.717) is 34.0 Å². The number of anilines is 2. The molecule has 0 saturated heterocycles. The summed E-state index contributed by atoms with van der Waals surface area (Å²) < 4.78 is 11.1. The second kappa shape index (κ2) is 9.25. The van der Waals surface area contributed by atoms with Crippen LogP contribution in [0.25, 0.3) is 0 Å². The molecule has 0 unspecified atom stereocenters. The minimum atomic E-state index is -0.282. The van der Waals surface area contributed by atoms with Gasteiger partial charge in [0.15, 0.2) is 11.5 Å². The van der Waals surface area contributed by atoms with Gasteiger partial charge in [0.05, 0.1) is 19.8 Å². The minimum absolute atomic E-state index is 0.223. The van der Waals surface area contributed by atoms with Gasteiger partial charge in [-0.25, -0.2) is 0 Å². The summed E-state index contributed by atoms with van der Waals surface area (Å²) >= 11 is 3.37. The van der Waals surface area contributed by atoms with E-state index in [1.807, 2.05) is 12.1 Å². The molecule has 0 aliphatic carbocycles. The van der Waals surface area contributed by atoms with Crippen LogP contribution in [-0.2, 0) is 0 Å². The molecule has 0 heterocycles. The molecular formula is C22H19BrN2O4. The van der Waals surface area contributed by atoms with Crippen molar-refractivity contribution in [2.75, 3.05) is 24.9 Å². The molecule has 0 aliphatic rings. The number of nitrogens with one attached hydrogen (secondary N) is 2. The topological polar surface area (TPSA) is 76.7 Å². The Morgan fingerprint density at radius 3 is 1.93 bits per heavy atom. The third-order valence-corrected chi connectivity index (χ3v) is 4.86. The summed E-state index contributed by atoms with van der Waals surface area (Å²) in [7, 11) is 3.05. The summed E-state index contributed by atoms with van der Waals surface area (Å²) in [5.41, 5.74) is 2.20. The van der Waals surface area contributed by atoms with E-state index < -0.39 is 0 Å². The first-order valence-corrected chi connectivity index (χ1v) is 9.50. The molecule has 148 valence electrons. The fraction of sp³-hybridized carbons (Fsp3) is 0.0909. The van der Waals surface area contributed by atoms with Crippen LogP contribution in [0.3, 0.4) is 0 Å². The number of amides is 2. The lowest BCUT2D eigenvalue weighted by Gasteiger charge is -2.11. The van der Waals surface area contributed by atoms with Crippen molar-refractivity contribution in [1.29, 1.82) is 0 Å². The first-order valence-electron chi connectivity index (χ1n) is 8.71. The van der Waals surface area contributed by atoms with Crippen LogP contribution in [-0.4, -0.2) is 26.0 Å². The van der Waals surface area contributed by atoms with Crippen molar-refractivity contribution in [2.45, 2.75) is 0 Å². The average Bonchev–Trinajstić information content (AvgIpc) is 2.74. The summed E-state index contributed by atoms with van der Waals surface area (Å²) in [6, 6.07) is 19.0. The number of hydrogen-bond donors (Lipinski definition) is 2. The highest BCUT2D eigenvalue weighted by Gasteiger charge is 2.12. The third-order valence-electron chi connectivity index (χ3n) is 4.16. The first kappa shape index (κ1) is 20.4. The zero-order chi connectivity index (χ0) is 20.8. The number of hydrogen-bond acceptors (Lipinski definition) is 4. The minimum Gasteiger partial charge on any atom is -0.493 e. The van der Waals surface area contributed by atoms with E-state index >= 15 is 0 Å². The van der Waals surface area contributed by atoms with E-state index in [0.717, 1.165) is 4.47 Å². The van der Waals surface area contributed by atoms with Crippen LogP contribution in [0.5, 0.6) is 11.5 Å². The normalized spacial score (nSPS) is 10.2. The fourth-order valence-corrected chi connectivity index (χ4v) is 3.13. The number of carbonyl (C=O) groups excluding carboxylic acids is 2. The van der Waals surface area contributed by atoms with E-state index in [1.54, 1.807) is 54.6 Å². The second-order valence-corrected chi connectivity index (χ2v) is 6.89. The molecule has 0 spiro atoms. The van der Waals surface area contributed by atoms with Crippen LogP contribution in [0.15, 0.2) is 71.2 Å². The Morgan fingerprint density at radius 2 is 1.34 bits per heavy atom. The highest BCUT2D eigenvalue weighted by Crippen LogP contribution is 2.28. The van der Waals surface area contributed by atoms with E-state index in [2.05, 4.69) is 26.6 Å². The molecule has 2 N–H and O–H groups in total. The number of halogens is 1. The maximum atomic E-state index is 12.5. The highest BCUT2D eigenvalue weighted by molar-refractivity contribution is 9.10. The molecule has 3 aromatic rings. The smallest absolute Gasteiger partial charge is 0.256 e. The molecule has 0 radical (unpaired) electrons. The first-order chi connectivity index (χ1) is 14.0. The molecule has 7 heteroatoms. The molecular weight excluding hydrogens is 436 g/mol. The van der Waals surface area contributed by atoms with E-state index in [4.69, 9.17) is 9.47 Å². The van der Waals surface area contributed by atoms with Crippen molar-refractivity contribution in [1.82, 2.24) is 0 Å². The van der Waals surface area contributed by atoms with E-state index in [9.17, 15) is 9.59 Å². The Labute approximate surface area is 177 Å². The number of benzene rings is 3. The lowest BCUT2D eigenvalue weighted by Crippen LogP contribution is -2.13. The van der Waals surface area contributed by atoms with Crippen LogP contribution in [0.4, 0.5) is 11.4 Å². The van der Waals surface area contributed by atoms with Crippen molar-refractivity contribution in [3.05, 3.63) is 82.3 Å². The van der Waals surface area contributed by atoms with Crippen molar-refractivity contribution in [3.63, 3.8) is 0 Å². The maximum absolute atomic E-state index is 12.5. The molecule has 6 nitrogen and oxygen atoms in total. The van der Waals surface area contributed by atoms with Crippen molar-refractivity contribution >= 4 is 39.1 Å². The van der Waals surface area contributed by atoms with Gasteiger partial charge in [-0.1, -0.05) is 12.1 Å². The molecule has 0 aromatic heterocycles. The Kier molecular flexibility index (Phi) is 6.51. The second-order valence-electron chi connectivity index (χ2n) is 6.04. The summed E-state index contributed by atoms with van der Waals surface area (Å²) in [5.74, 6) is 0.523. The molecule has 29 heavy (non-hydrogen) atoms. The predicted octanol–water partition coefficient (Wildman–Crippen LogP) is 4.97. The Balaban J connectivity index is 1.67. The van der Waals surface area contributed by atoms with Crippen molar-refractivity contribution in [2.24, 2.45) is 0 Å². The van der Waals surface area contributed by atoms with E-state index in [1.165, 1.54) is 14.2 Å². The number of methoxy groups -OCH3 is 2. The zero-order valence-corrected chi connectivity index (χ0v) is 17.4. The largest absolute Gasteiger partial charge is 0.493 e. The maximum Gasteiger partial charge on any atom is 0.256 e. The van der Waals surface area contributed by atoms with Crippen LogP contribution < -0.4 is 20.1 Å². The summed E-state index contributed by atoms with van der Waals surface area (Å²) in [4.78, 5) is 24.8. The third kappa shape index (κ3) is 4.94. The highest BCUT2D eigenvalue weighted by atomic mass is 79.9. The van der Waals surface area contributed by atoms with Gasteiger partial charge in [-0.3, -0.25) is 9.59 Å². The lowest BCUT2D eigenvalue weighted by molar-refractivity contribution is 0.101. The number of ether oxygens (including phenoxy) is 2. The van der Waals surface area contributed by atoms with E-state index in [-0.39, 0.29) is 11.8 Å². The van der Waals surface area contributed by atoms with Gasteiger partial charge < -0.3 is 20.1 Å². The Hall–Kier alpha value is -3.32. The molecule has 2 amide bonds. The molecule has 3 aromatic carbocycles. The van der Waals surface area contributed by atoms with Crippen molar-refractivity contribution < 1.29 is 19.1 Å². The van der Waals surface area contributed by atoms with Crippen molar-refractivity contribution in [3.8, 4) is 11.5 Å². The average molecular weight is 455 g/mol.